The van der Waals surface area contributed by atoms with Gasteiger partial charge in [0.1, 0.15) is 5.00 Å². The molecule has 1 aromatic carbocycles. The first kappa shape index (κ1) is 18.0. The van der Waals surface area contributed by atoms with Crippen molar-refractivity contribution < 1.29 is 14.3 Å². The van der Waals surface area contributed by atoms with Crippen LogP contribution in [-0.2, 0) is 11.2 Å². The van der Waals surface area contributed by atoms with Gasteiger partial charge >= 0.3 is 12.0 Å². The van der Waals surface area contributed by atoms with Crippen LogP contribution in [0.4, 0.5) is 15.5 Å². The number of rotatable bonds is 5. The van der Waals surface area contributed by atoms with Gasteiger partial charge in [-0.3, -0.25) is 5.32 Å². The van der Waals surface area contributed by atoms with Gasteiger partial charge in [-0.05, 0) is 44.9 Å². The number of anilines is 2. The Hall–Kier alpha value is -2.34. The van der Waals surface area contributed by atoms with Gasteiger partial charge in [-0.15, -0.1) is 11.3 Å². The molecule has 5 nitrogen and oxygen atoms in total. The van der Waals surface area contributed by atoms with Crippen molar-refractivity contribution in [3.05, 3.63) is 46.3 Å². The molecule has 24 heavy (non-hydrogen) atoms. The van der Waals surface area contributed by atoms with Crippen molar-refractivity contribution in [1.29, 1.82) is 0 Å². The van der Waals surface area contributed by atoms with Gasteiger partial charge in [0, 0.05) is 10.6 Å². The zero-order valence-electron chi connectivity index (χ0n) is 14.3. The van der Waals surface area contributed by atoms with E-state index in [4.69, 9.17) is 4.74 Å². The molecule has 2 N–H and O–H groups in total. The molecule has 0 fully saturated rings. The van der Waals surface area contributed by atoms with Gasteiger partial charge in [0.25, 0.3) is 0 Å². The van der Waals surface area contributed by atoms with E-state index in [-0.39, 0.29) is 12.1 Å². The third-order valence-corrected chi connectivity index (χ3v) is 4.43. The molecule has 0 atom stereocenters. The number of carbonyl (C=O) groups excluding carboxylic acids is 2. The molecule has 1 aromatic heterocycles. The molecule has 0 saturated heterocycles. The molecule has 2 amide bonds. The molecular weight excluding hydrogens is 324 g/mol. The molecule has 0 bridgehead atoms. The van der Waals surface area contributed by atoms with E-state index in [0.29, 0.717) is 22.7 Å². The van der Waals surface area contributed by atoms with E-state index >= 15 is 0 Å². The Bertz CT molecular complexity index is 723. The van der Waals surface area contributed by atoms with Gasteiger partial charge in [-0.2, -0.15) is 0 Å². The lowest BCUT2D eigenvalue weighted by Crippen LogP contribution is -2.21. The van der Waals surface area contributed by atoms with Crippen LogP contribution < -0.4 is 10.6 Å². The number of hydrogen-bond acceptors (Lipinski definition) is 4. The number of urea groups is 1. The Kier molecular flexibility index (Phi) is 5.98. The molecule has 0 radical (unpaired) electrons. The second-order valence-corrected chi connectivity index (χ2v) is 6.82. The van der Waals surface area contributed by atoms with E-state index in [1.807, 2.05) is 32.0 Å². The summed E-state index contributed by atoms with van der Waals surface area (Å²) in [7, 11) is 0. The zero-order chi connectivity index (χ0) is 17.7. The second-order valence-electron chi connectivity index (χ2n) is 5.59. The van der Waals surface area contributed by atoms with Crippen LogP contribution in [0.3, 0.4) is 0 Å². The number of amides is 2. The van der Waals surface area contributed by atoms with E-state index in [1.54, 1.807) is 26.0 Å². The number of thiophene rings is 1. The smallest absolute Gasteiger partial charge is 0.341 e. The molecule has 0 unspecified atom stereocenters. The fraction of sp³-hybridized carbons (Fsp3) is 0.333. The van der Waals surface area contributed by atoms with Crippen molar-refractivity contribution in [1.82, 2.24) is 0 Å². The Balaban J connectivity index is 2.23. The van der Waals surface area contributed by atoms with E-state index < -0.39 is 5.97 Å². The topological polar surface area (TPSA) is 67.4 Å². The Labute approximate surface area is 146 Å². The molecule has 0 spiro atoms. The summed E-state index contributed by atoms with van der Waals surface area (Å²) < 4.78 is 5.33. The lowest BCUT2D eigenvalue weighted by molar-refractivity contribution is 0.0378. The van der Waals surface area contributed by atoms with Crippen molar-refractivity contribution in [2.45, 2.75) is 40.2 Å². The van der Waals surface area contributed by atoms with Crippen LogP contribution in [0.1, 0.15) is 41.6 Å². The zero-order valence-corrected chi connectivity index (χ0v) is 15.1. The van der Waals surface area contributed by atoms with Gasteiger partial charge in [-0.25, -0.2) is 9.59 Å². The van der Waals surface area contributed by atoms with Gasteiger partial charge in [0.2, 0.25) is 0 Å². The number of carbonyl (C=O) groups is 2. The number of benzene rings is 1. The van der Waals surface area contributed by atoms with E-state index in [1.165, 1.54) is 11.3 Å². The standard InChI is InChI=1S/C18H22N2O3S/c1-5-14-12(4)24-16(15(14)17(21)23-11(2)3)20-18(22)19-13-9-7-6-8-10-13/h6-11H,5H2,1-4H3,(H2,19,20,22). The van der Waals surface area contributed by atoms with Crippen molar-refractivity contribution in [3.8, 4) is 0 Å². The fourth-order valence-electron chi connectivity index (χ4n) is 2.37. The second kappa shape index (κ2) is 7.97. The highest BCUT2D eigenvalue weighted by Crippen LogP contribution is 2.34. The molecule has 0 saturated carbocycles. The van der Waals surface area contributed by atoms with Gasteiger partial charge < -0.3 is 10.1 Å². The van der Waals surface area contributed by atoms with Gasteiger partial charge in [0.05, 0.1) is 11.7 Å². The molecule has 1 heterocycles. The summed E-state index contributed by atoms with van der Waals surface area (Å²) in [4.78, 5) is 25.6. The number of esters is 1. The third-order valence-electron chi connectivity index (χ3n) is 3.37. The molecule has 0 aliphatic heterocycles. The highest BCUT2D eigenvalue weighted by molar-refractivity contribution is 7.16. The van der Waals surface area contributed by atoms with Crippen LogP contribution in [0.5, 0.6) is 0 Å². The molecule has 2 rings (SSSR count). The van der Waals surface area contributed by atoms with Crippen molar-refractivity contribution in [2.75, 3.05) is 10.6 Å². The summed E-state index contributed by atoms with van der Waals surface area (Å²) in [6.45, 7) is 7.53. The quantitative estimate of drug-likeness (QED) is 0.762. The van der Waals surface area contributed by atoms with Crippen molar-refractivity contribution in [3.63, 3.8) is 0 Å². The average molecular weight is 346 g/mol. The largest absolute Gasteiger partial charge is 0.459 e. The van der Waals surface area contributed by atoms with Crippen LogP contribution in [0.25, 0.3) is 0 Å². The third kappa shape index (κ3) is 4.35. The molecule has 128 valence electrons. The summed E-state index contributed by atoms with van der Waals surface area (Å²) in [5.74, 6) is -0.402. The summed E-state index contributed by atoms with van der Waals surface area (Å²) >= 11 is 1.39. The number of ether oxygens (including phenoxy) is 1. The lowest BCUT2D eigenvalue weighted by Gasteiger charge is -2.11. The van der Waals surface area contributed by atoms with Crippen molar-refractivity contribution in [2.24, 2.45) is 0 Å². The minimum absolute atomic E-state index is 0.214. The van der Waals surface area contributed by atoms with Gasteiger partial charge in [0.15, 0.2) is 0 Å². The Morgan fingerprint density at radius 1 is 1.17 bits per heavy atom. The Morgan fingerprint density at radius 3 is 2.42 bits per heavy atom. The van der Waals surface area contributed by atoms with E-state index in [9.17, 15) is 9.59 Å². The number of hydrogen-bond donors (Lipinski definition) is 2. The van der Waals surface area contributed by atoms with E-state index in [2.05, 4.69) is 10.6 Å². The lowest BCUT2D eigenvalue weighted by atomic mass is 10.1. The number of nitrogens with one attached hydrogen (secondary N) is 2. The van der Waals surface area contributed by atoms with Crippen LogP contribution in [0.2, 0.25) is 0 Å². The first-order valence-corrected chi connectivity index (χ1v) is 8.70. The first-order valence-electron chi connectivity index (χ1n) is 7.88. The minimum atomic E-state index is -0.402. The summed E-state index contributed by atoms with van der Waals surface area (Å²) in [6.07, 6.45) is 0.487. The van der Waals surface area contributed by atoms with Crippen LogP contribution in [0.15, 0.2) is 30.3 Å². The van der Waals surface area contributed by atoms with Crippen LogP contribution >= 0.6 is 11.3 Å². The SMILES string of the molecule is CCc1c(C)sc(NC(=O)Nc2ccccc2)c1C(=O)OC(C)C. The monoisotopic (exact) mass is 346 g/mol. The van der Waals surface area contributed by atoms with Crippen molar-refractivity contribution >= 4 is 34.0 Å². The van der Waals surface area contributed by atoms with Crippen LogP contribution in [-0.4, -0.2) is 18.1 Å². The van der Waals surface area contributed by atoms with Gasteiger partial charge in [-0.1, -0.05) is 25.1 Å². The molecule has 6 heteroatoms. The fourth-order valence-corrected chi connectivity index (χ4v) is 3.50. The maximum Gasteiger partial charge on any atom is 0.341 e. The predicted molar refractivity (Wildman–Crippen MR) is 98.1 cm³/mol. The molecule has 2 aromatic rings. The maximum absolute atomic E-state index is 12.4. The number of aryl methyl sites for hydroxylation is 1. The highest BCUT2D eigenvalue weighted by atomic mass is 32.1. The summed E-state index contributed by atoms with van der Waals surface area (Å²) in [5, 5.41) is 6.04. The minimum Gasteiger partial charge on any atom is -0.459 e. The predicted octanol–water partition coefficient (Wildman–Crippen LogP) is 4.83. The number of para-hydroxylation sites is 1. The molecular formula is C18H22N2O3S. The molecule has 0 aliphatic carbocycles. The first-order chi connectivity index (χ1) is 11.4. The maximum atomic E-state index is 12.4. The van der Waals surface area contributed by atoms with E-state index in [0.717, 1.165) is 10.4 Å². The Morgan fingerprint density at radius 2 is 1.83 bits per heavy atom. The normalized spacial score (nSPS) is 10.5. The summed E-state index contributed by atoms with van der Waals surface area (Å²) in [5.41, 5.74) is 2.06. The summed E-state index contributed by atoms with van der Waals surface area (Å²) in [6, 6.07) is 8.76. The van der Waals surface area contributed by atoms with Crippen LogP contribution in [0, 0.1) is 6.92 Å². The average Bonchev–Trinajstić information content (AvgIpc) is 2.82. The molecule has 0 aliphatic rings. The highest BCUT2D eigenvalue weighted by Gasteiger charge is 2.24.